The van der Waals surface area contributed by atoms with E-state index in [1.165, 1.54) is 11.8 Å². The lowest BCUT2D eigenvalue weighted by molar-refractivity contribution is 0.0934. The number of nitrogens with zero attached hydrogens (tertiary/aromatic N) is 2. The van der Waals surface area contributed by atoms with Gasteiger partial charge in [0.25, 0.3) is 5.91 Å². The van der Waals surface area contributed by atoms with Crippen LogP contribution in [0.3, 0.4) is 0 Å². The fourth-order valence-corrected chi connectivity index (χ4v) is 2.03. The zero-order valence-electron chi connectivity index (χ0n) is 12.9. The van der Waals surface area contributed by atoms with Crippen molar-refractivity contribution in [3.05, 3.63) is 59.2 Å². The molecular formula is C17H21N3O. The van der Waals surface area contributed by atoms with Gasteiger partial charge in [0.05, 0.1) is 17.9 Å². The molecule has 4 nitrogen and oxygen atoms in total. The zero-order chi connectivity index (χ0) is 15.4. The number of aromatic nitrogens is 2. The van der Waals surface area contributed by atoms with Gasteiger partial charge >= 0.3 is 0 Å². The highest BCUT2D eigenvalue weighted by molar-refractivity contribution is 5.92. The second-order valence-electron chi connectivity index (χ2n) is 5.56. The summed E-state index contributed by atoms with van der Waals surface area (Å²) >= 11 is 0. The molecule has 0 spiro atoms. The van der Waals surface area contributed by atoms with Crippen molar-refractivity contribution in [3.63, 3.8) is 0 Å². The smallest absolute Gasteiger partial charge is 0.271 e. The molecule has 0 saturated carbocycles. The van der Waals surface area contributed by atoms with E-state index < -0.39 is 0 Å². The first kappa shape index (κ1) is 15.2. The van der Waals surface area contributed by atoms with Gasteiger partial charge in [-0.3, -0.25) is 9.78 Å². The molecule has 0 saturated heterocycles. The third-order valence-electron chi connectivity index (χ3n) is 3.46. The number of aryl methyl sites for hydroxylation is 1. The molecule has 4 heteroatoms. The lowest BCUT2D eigenvalue weighted by Crippen LogP contribution is -2.27. The van der Waals surface area contributed by atoms with E-state index >= 15 is 0 Å². The van der Waals surface area contributed by atoms with Gasteiger partial charge < -0.3 is 5.32 Å². The normalized spacial score (nSPS) is 12.2. The largest absolute Gasteiger partial charge is 0.344 e. The van der Waals surface area contributed by atoms with Crippen LogP contribution in [0.1, 0.15) is 60.0 Å². The van der Waals surface area contributed by atoms with Crippen LogP contribution >= 0.6 is 0 Å². The number of carbonyl (C=O) groups excluding carboxylic acids is 1. The highest BCUT2D eigenvalue weighted by Gasteiger charge is 2.13. The third kappa shape index (κ3) is 3.88. The van der Waals surface area contributed by atoms with Gasteiger partial charge in [0, 0.05) is 6.20 Å². The molecule has 21 heavy (non-hydrogen) atoms. The summed E-state index contributed by atoms with van der Waals surface area (Å²) in [5.41, 5.74) is 3.50. The quantitative estimate of drug-likeness (QED) is 0.935. The lowest BCUT2D eigenvalue weighted by Gasteiger charge is -2.15. The van der Waals surface area contributed by atoms with Gasteiger partial charge in [0.15, 0.2) is 0 Å². The highest BCUT2D eigenvalue weighted by atomic mass is 16.1. The minimum Gasteiger partial charge on any atom is -0.344 e. The van der Waals surface area contributed by atoms with E-state index in [2.05, 4.69) is 53.4 Å². The summed E-state index contributed by atoms with van der Waals surface area (Å²) in [6.07, 6.45) is 3.09. The summed E-state index contributed by atoms with van der Waals surface area (Å²) < 4.78 is 0. The van der Waals surface area contributed by atoms with E-state index in [0.717, 1.165) is 11.3 Å². The Morgan fingerprint density at radius 2 is 1.62 bits per heavy atom. The summed E-state index contributed by atoms with van der Waals surface area (Å²) in [7, 11) is 0. The van der Waals surface area contributed by atoms with Crippen molar-refractivity contribution in [3.8, 4) is 0 Å². The molecule has 1 heterocycles. The first-order chi connectivity index (χ1) is 9.97. The van der Waals surface area contributed by atoms with E-state index in [-0.39, 0.29) is 11.9 Å². The Balaban J connectivity index is 2.05. The fraction of sp³-hybridized carbons (Fsp3) is 0.353. The van der Waals surface area contributed by atoms with Crippen molar-refractivity contribution in [1.82, 2.24) is 15.3 Å². The van der Waals surface area contributed by atoms with Crippen LogP contribution in [0.2, 0.25) is 0 Å². The second-order valence-corrected chi connectivity index (χ2v) is 5.56. The average Bonchev–Trinajstić information content (AvgIpc) is 2.47. The summed E-state index contributed by atoms with van der Waals surface area (Å²) in [6.45, 7) is 8.13. The summed E-state index contributed by atoms with van der Waals surface area (Å²) in [5.74, 6) is 0.301. The van der Waals surface area contributed by atoms with E-state index in [0.29, 0.717) is 11.6 Å². The number of carbonyl (C=O) groups is 1. The molecule has 0 aliphatic carbocycles. The number of benzene rings is 1. The second kappa shape index (κ2) is 6.48. The molecule has 1 aromatic heterocycles. The van der Waals surface area contributed by atoms with E-state index in [1.54, 1.807) is 6.20 Å². The van der Waals surface area contributed by atoms with Gasteiger partial charge in [-0.05, 0) is 30.9 Å². The molecule has 110 valence electrons. The minimum absolute atomic E-state index is 0.0678. The topological polar surface area (TPSA) is 54.9 Å². The molecule has 0 radical (unpaired) electrons. The SMILES string of the molecule is Cc1cnc(C(=O)NC(C)c2ccc(C(C)C)cc2)cn1. The van der Waals surface area contributed by atoms with Crippen LogP contribution in [-0.2, 0) is 0 Å². The predicted octanol–water partition coefficient (Wildman–Crippen LogP) is 3.40. The first-order valence-corrected chi connectivity index (χ1v) is 7.16. The molecule has 2 aromatic rings. The van der Waals surface area contributed by atoms with E-state index in [9.17, 15) is 4.79 Å². The molecule has 1 amide bonds. The number of hydrogen-bond acceptors (Lipinski definition) is 3. The minimum atomic E-state index is -0.206. The Morgan fingerprint density at radius 1 is 1.00 bits per heavy atom. The van der Waals surface area contributed by atoms with Crippen molar-refractivity contribution in [1.29, 1.82) is 0 Å². The standard InChI is InChI=1S/C17H21N3O/c1-11(2)14-5-7-15(8-6-14)13(4)20-17(21)16-10-18-12(3)9-19-16/h5-11,13H,1-4H3,(H,20,21). The summed E-state index contributed by atoms with van der Waals surface area (Å²) in [6, 6.07) is 8.26. The van der Waals surface area contributed by atoms with Crippen LogP contribution in [0.25, 0.3) is 0 Å². The maximum Gasteiger partial charge on any atom is 0.271 e. The van der Waals surface area contributed by atoms with Crippen LogP contribution in [-0.4, -0.2) is 15.9 Å². The molecular weight excluding hydrogens is 262 g/mol. The molecule has 1 aromatic carbocycles. The Kier molecular flexibility index (Phi) is 4.68. The number of amides is 1. The van der Waals surface area contributed by atoms with Crippen molar-refractivity contribution in [2.45, 2.75) is 39.7 Å². The molecule has 0 aliphatic heterocycles. The zero-order valence-corrected chi connectivity index (χ0v) is 12.9. The lowest BCUT2D eigenvalue weighted by atomic mass is 9.99. The monoisotopic (exact) mass is 283 g/mol. The maximum absolute atomic E-state index is 12.1. The van der Waals surface area contributed by atoms with Gasteiger partial charge in [-0.2, -0.15) is 0 Å². The molecule has 1 atom stereocenters. The Hall–Kier alpha value is -2.23. The number of nitrogens with one attached hydrogen (secondary N) is 1. The van der Waals surface area contributed by atoms with Crippen molar-refractivity contribution in [2.75, 3.05) is 0 Å². The number of hydrogen-bond donors (Lipinski definition) is 1. The van der Waals surface area contributed by atoms with E-state index in [4.69, 9.17) is 0 Å². The fourth-order valence-electron chi connectivity index (χ4n) is 2.03. The van der Waals surface area contributed by atoms with Crippen molar-refractivity contribution >= 4 is 5.91 Å². The van der Waals surface area contributed by atoms with Crippen molar-refractivity contribution in [2.24, 2.45) is 0 Å². The molecule has 2 rings (SSSR count). The van der Waals surface area contributed by atoms with Crippen LogP contribution in [0.4, 0.5) is 0 Å². The molecule has 0 fully saturated rings. The maximum atomic E-state index is 12.1. The van der Waals surface area contributed by atoms with Gasteiger partial charge in [0.1, 0.15) is 5.69 Å². The third-order valence-corrected chi connectivity index (χ3v) is 3.46. The molecule has 1 N–H and O–H groups in total. The Morgan fingerprint density at radius 3 is 2.14 bits per heavy atom. The Bertz CT molecular complexity index is 603. The van der Waals surface area contributed by atoms with Gasteiger partial charge in [-0.1, -0.05) is 38.1 Å². The van der Waals surface area contributed by atoms with E-state index in [1.807, 2.05) is 13.8 Å². The molecule has 0 bridgehead atoms. The Labute approximate surface area is 125 Å². The molecule has 1 unspecified atom stereocenters. The summed E-state index contributed by atoms with van der Waals surface area (Å²) in [4.78, 5) is 20.3. The van der Waals surface area contributed by atoms with Crippen LogP contribution in [0.5, 0.6) is 0 Å². The predicted molar refractivity (Wildman–Crippen MR) is 83.2 cm³/mol. The van der Waals surface area contributed by atoms with Crippen LogP contribution in [0, 0.1) is 6.92 Å². The highest BCUT2D eigenvalue weighted by Crippen LogP contribution is 2.18. The first-order valence-electron chi connectivity index (χ1n) is 7.16. The van der Waals surface area contributed by atoms with Crippen LogP contribution < -0.4 is 5.32 Å². The van der Waals surface area contributed by atoms with Gasteiger partial charge in [0.2, 0.25) is 0 Å². The summed E-state index contributed by atoms with van der Waals surface area (Å²) in [5, 5.41) is 2.94. The van der Waals surface area contributed by atoms with Gasteiger partial charge in [-0.15, -0.1) is 0 Å². The molecule has 0 aliphatic rings. The average molecular weight is 283 g/mol. The van der Waals surface area contributed by atoms with Gasteiger partial charge in [-0.25, -0.2) is 4.98 Å². The van der Waals surface area contributed by atoms with Crippen molar-refractivity contribution < 1.29 is 4.79 Å². The van der Waals surface area contributed by atoms with Crippen LogP contribution in [0.15, 0.2) is 36.7 Å². The number of rotatable bonds is 4.